The molecule has 0 saturated carbocycles. The van der Waals surface area contributed by atoms with E-state index in [0.717, 1.165) is 61.5 Å². The van der Waals surface area contributed by atoms with Crippen LogP contribution in [0.15, 0.2) is 53.7 Å². The van der Waals surface area contributed by atoms with E-state index < -0.39 is 0 Å². The molecule has 3 aromatic rings. The van der Waals surface area contributed by atoms with Gasteiger partial charge in [-0.15, -0.1) is 0 Å². The number of nitrogens with zero attached hydrogens (tertiary/aromatic N) is 4. The number of hydrogen-bond donors (Lipinski definition) is 2. The van der Waals surface area contributed by atoms with Crippen LogP contribution in [0.3, 0.4) is 0 Å². The highest BCUT2D eigenvalue weighted by atomic mass is 32.2. The van der Waals surface area contributed by atoms with E-state index in [4.69, 9.17) is 10.7 Å². The smallest absolute Gasteiger partial charge is 0.276 e. The molecule has 0 spiro atoms. The summed E-state index contributed by atoms with van der Waals surface area (Å²) in [5, 5.41) is 3.03. The van der Waals surface area contributed by atoms with Gasteiger partial charge < -0.3 is 16.0 Å². The van der Waals surface area contributed by atoms with Crippen molar-refractivity contribution in [3.63, 3.8) is 0 Å². The van der Waals surface area contributed by atoms with Crippen molar-refractivity contribution in [2.75, 3.05) is 42.1 Å². The van der Waals surface area contributed by atoms with Crippen LogP contribution in [0, 0.1) is 6.92 Å². The lowest BCUT2D eigenvalue weighted by Crippen LogP contribution is -2.30. The molecule has 2 aliphatic heterocycles. The summed E-state index contributed by atoms with van der Waals surface area (Å²) in [6, 6.07) is 12.1. The third-order valence-electron chi connectivity index (χ3n) is 6.92. The fourth-order valence-corrected chi connectivity index (χ4v) is 5.95. The first-order chi connectivity index (χ1) is 17.6. The molecular weight excluding hydrogens is 468 g/mol. The molecule has 2 aliphatic rings. The van der Waals surface area contributed by atoms with Crippen molar-refractivity contribution < 1.29 is 4.79 Å². The Bertz CT molecular complexity index is 1220. The number of piperidine rings is 2. The van der Waals surface area contributed by atoms with Gasteiger partial charge in [-0.1, -0.05) is 12.5 Å². The van der Waals surface area contributed by atoms with E-state index >= 15 is 0 Å². The maximum atomic E-state index is 13.4. The highest BCUT2D eigenvalue weighted by molar-refractivity contribution is 7.97. The minimum absolute atomic E-state index is 0.231. The maximum Gasteiger partial charge on any atom is 0.276 e. The van der Waals surface area contributed by atoms with Gasteiger partial charge >= 0.3 is 0 Å². The van der Waals surface area contributed by atoms with Crippen LogP contribution in [0.25, 0.3) is 11.3 Å². The fourth-order valence-electron chi connectivity index (χ4n) is 4.92. The summed E-state index contributed by atoms with van der Waals surface area (Å²) in [6.07, 6.45) is 10.8. The van der Waals surface area contributed by atoms with Crippen LogP contribution in [-0.2, 0) is 0 Å². The summed E-state index contributed by atoms with van der Waals surface area (Å²) < 4.78 is 2.43. The van der Waals surface area contributed by atoms with Gasteiger partial charge in [0.05, 0.1) is 29.0 Å². The number of rotatable bonds is 6. The third kappa shape index (κ3) is 5.65. The minimum atomic E-state index is -0.322. The summed E-state index contributed by atoms with van der Waals surface area (Å²) in [4.78, 5) is 25.8. The number of amides is 1. The molecule has 0 bridgehead atoms. The SMILES string of the molecule is Cc1ccc(SN2CCCCC2)cc1-c1ccc(N)c(C(=O)Nc2cnccc2N2CCCCC2)n1. The van der Waals surface area contributed by atoms with Gasteiger partial charge in [-0.3, -0.25) is 9.78 Å². The third-order valence-corrected chi connectivity index (χ3v) is 8.01. The first-order valence-corrected chi connectivity index (χ1v) is 13.7. The van der Waals surface area contributed by atoms with Gasteiger partial charge in [0.25, 0.3) is 5.91 Å². The van der Waals surface area contributed by atoms with Crippen LogP contribution in [0.2, 0.25) is 0 Å². The Morgan fingerprint density at radius 1 is 0.972 bits per heavy atom. The summed E-state index contributed by atoms with van der Waals surface area (Å²) >= 11 is 1.80. The molecule has 5 rings (SSSR count). The Morgan fingerprint density at radius 3 is 2.50 bits per heavy atom. The van der Waals surface area contributed by atoms with Gasteiger partial charge in [0.15, 0.2) is 5.69 Å². The molecule has 2 fully saturated rings. The number of benzene rings is 1. The van der Waals surface area contributed by atoms with Gasteiger partial charge in [-0.05, 0) is 86.9 Å². The van der Waals surface area contributed by atoms with Crippen molar-refractivity contribution in [3.8, 4) is 11.3 Å². The second-order valence-electron chi connectivity index (χ2n) is 9.59. The lowest BCUT2D eigenvalue weighted by Gasteiger charge is -2.30. The molecule has 1 aromatic carbocycles. The number of aryl methyl sites for hydroxylation is 1. The van der Waals surface area contributed by atoms with Gasteiger partial charge in [-0.2, -0.15) is 0 Å². The predicted octanol–water partition coefficient (Wildman–Crippen LogP) is 5.77. The van der Waals surface area contributed by atoms with Crippen LogP contribution < -0.4 is 16.0 Å². The van der Waals surface area contributed by atoms with Crippen LogP contribution in [-0.4, -0.2) is 46.4 Å². The van der Waals surface area contributed by atoms with Crippen molar-refractivity contribution in [2.45, 2.75) is 50.3 Å². The Hall–Kier alpha value is -3.10. The standard InChI is InChI=1S/C28H34N6OS/c1-20-8-9-21(36-34-16-6-3-7-17-34)18-22(20)24-11-10-23(29)27(31-24)28(35)32-25-19-30-13-12-26(25)33-14-4-2-5-15-33/h8-13,18-19H,2-7,14-17,29H2,1H3,(H,32,35). The van der Waals surface area contributed by atoms with Crippen molar-refractivity contribution in [1.29, 1.82) is 0 Å². The van der Waals surface area contributed by atoms with Gasteiger partial charge in [0.1, 0.15) is 0 Å². The zero-order chi connectivity index (χ0) is 24.9. The van der Waals surface area contributed by atoms with Gasteiger partial charge in [-0.25, -0.2) is 9.29 Å². The minimum Gasteiger partial charge on any atom is -0.397 e. The number of pyridine rings is 2. The molecule has 0 unspecified atom stereocenters. The zero-order valence-electron chi connectivity index (χ0n) is 20.9. The normalized spacial score (nSPS) is 16.6. The topological polar surface area (TPSA) is 87.4 Å². The average Bonchev–Trinajstić information content (AvgIpc) is 2.91. The fraction of sp³-hybridized carbons (Fsp3) is 0.393. The summed E-state index contributed by atoms with van der Waals surface area (Å²) in [6.45, 7) is 6.27. The number of nitrogen functional groups attached to an aromatic ring is 1. The number of nitrogens with two attached hydrogens (primary N) is 1. The molecule has 2 aromatic heterocycles. The molecule has 0 aliphatic carbocycles. The van der Waals surface area contributed by atoms with E-state index in [1.807, 2.05) is 12.1 Å². The van der Waals surface area contributed by atoms with Crippen LogP contribution in [0.1, 0.15) is 54.6 Å². The second-order valence-corrected chi connectivity index (χ2v) is 10.8. The lowest BCUT2D eigenvalue weighted by atomic mass is 10.0. The monoisotopic (exact) mass is 502 g/mol. The Morgan fingerprint density at radius 2 is 1.72 bits per heavy atom. The highest BCUT2D eigenvalue weighted by Gasteiger charge is 2.20. The zero-order valence-corrected chi connectivity index (χ0v) is 21.7. The van der Waals surface area contributed by atoms with Crippen LogP contribution in [0.5, 0.6) is 0 Å². The second kappa shape index (κ2) is 11.3. The molecule has 8 heteroatoms. The van der Waals surface area contributed by atoms with Crippen molar-refractivity contribution in [1.82, 2.24) is 14.3 Å². The summed E-state index contributed by atoms with van der Waals surface area (Å²) in [5.41, 5.74) is 11.4. The number of nitrogens with one attached hydrogen (secondary N) is 1. The molecule has 188 valence electrons. The number of carbonyl (C=O) groups excluding carboxylic acids is 1. The quantitative estimate of drug-likeness (QED) is 0.414. The molecule has 36 heavy (non-hydrogen) atoms. The Labute approximate surface area is 217 Å². The summed E-state index contributed by atoms with van der Waals surface area (Å²) in [7, 11) is 0. The Balaban J connectivity index is 1.39. The van der Waals surface area contributed by atoms with E-state index in [1.165, 1.54) is 30.6 Å². The summed E-state index contributed by atoms with van der Waals surface area (Å²) in [5.74, 6) is -0.322. The molecule has 7 nitrogen and oxygen atoms in total. The number of anilines is 3. The molecule has 2 saturated heterocycles. The molecule has 1 amide bonds. The van der Waals surface area contributed by atoms with E-state index in [9.17, 15) is 4.79 Å². The first-order valence-electron chi connectivity index (χ1n) is 12.9. The molecule has 3 N–H and O–H groups in total. The number of carbonyl (C=O) groups is 1. The number of aromatic nitrogens is 2. The Kier molecular flexibility index (Phi) is 7.72. The lowest BCUT2D eigenvalue weighted by molar-refractivity contribution is 0.102. The average molecular weight is 503 g/mol. The van der Waals surface area contributed by atoms with E-state index in [1.54, 1.807) is 30.4 Å². The van der Waals surface area contributed by atoms with Gasteiger partial charge in [0.2, 0.25) is 0 Å². The largest absolute Gasteiger partial charge is 0.397 e. The molecule has 4 heterocycles. The van der Waals surface area contributed by atoms with Crippen molar-refractivity contribution in [3.05, 3.63) is 60.0 Å². The van der Waals surface area contributed by atoms with Gasteiger partial charge in [0, 0.05) is 42.8 Å². The van der Waals surface area contributed by atoms with Crippen molar-refractivity contribution in [2.24, 2.45) is 0 Å². The molecular formula is C28H34N6OS. The van der Waals surface area contributed by atoms with Crippen molar-refractivity contribution >= 4 is 34.9 Å². The highest BCUT2D eigenvalue weighted by Crippen LogP contribution is 2.33. The predicted molar refractivity (Wildman–Crippen MR) is 148 cm³/mol. The molecule has 0 radical (unpaired) electrons. The van der Waals surface area contributed by atoms with E-state index in [2.05, 4.69) is 44.6 Å². The molecule has 0 atom stereocenters. The van der Waals surface area contributed by atoms with E-state index in [0.29, 0.717) is 11.4 Å². The van der Waals surface area contributed by atoms with E-state index in [-0.39, 0.29) is 11.6 Å². The van der Waals surface area contributed by atoms with Crippen LogP contribution in [0.4, 0.5) is 17.1 Å². The maximum absolute atomic E-state index is 13.4. The van der Waals surface area contributed by atoms with Crippen LogP contribution >= 0.6 is 11.9 Å². The number of hydrogen-bond acceptors (Lipinski definition) is 7. The first kappa shape index (κ1) is 24.6.